The van der Waals surface area contributed by atoms with E-state index >= 15 is 0 Å². The molecule has 1 aromatic rings. The molecule has 4 heteroatoms. The molecule has 0 amide bonds. The minimum atomic E-state index is -1.73. The molecule has 1 aliphatic heterocycles. The average Bonchev–Trinajstić information content (AvgIpc) is 2.71. The number of hydrogen-bond donors (Lipinski definition) is 3. The van der Waals surface area contributed by atoms with Gasteiger partial charge in [-0.05, 0) is 17.7 Å². The lowest BCUT2D eigenvalue weighted by Gasteiger charge is -2.36. The van der Waals surface area contributed by atoms with E-state index in [1.54, 1.807) is 30.3 Å². The van der Waals surface area contributed by atoms with E-state index in [1.807, 2.05) is 0 Å². The summed E-state index contributed by atoms with van der Waals surface area (Å²) in [6.45, 7) is 4.81. The minimum absolute atomic E-state index is 0.135. The second-order valence-electron chi connectivity index (χ2n) is 6.14. The first-order valence-corrected chi connectivity index (χ1v) is 6.76. The number of rotatable bonds is 1. The van der Waals surface area contributed by atoms with Crippen LogP contribution in [0.3, 0.4) is 0 Å². The van der Waals surface area contributed by atoms with Crippen LogP contribution < -0.4 is 11.1 Å². The van der Waals surface area contributed by atoms with Crippen LogP contribution in [0.1, 0.15) is 19.4 Å². The van der Waals surface area contributed by atoms with Gasteiger partial charge in [0, 0.05) is 23.2 Å². The van der Waals surface area contributed by atoms with Crippen LogP contribution in [0.15, 0.2) is 47.7 Å². The Labute approximate surface area is 118 Å². The van der Waals surface area contributed by atoms with Crippen molar-refractivity contribution >= 4 is 5.69 Å². The van der Waals surface area contributed by atoms with Gasteiger partial charge >= 0.3 is 0 Å². The first-order chi connectivity index (χ1) is 9.37. The van der Waals surface area contributed by atoms with Crippen LogP contribution in [0.5, 0.6) is 0 Å². The molecule has 0 radical (unpaired) electrons. The molecular formula is C16H19FN2O. The van der Waals surface area contributed by atoms with Crippen LogP contribution in [0.25, 0.3) is 0 Å². The molecule has 1 heterocycles. The third-order valence-corrected chi connectivity index (χ3v) is 4.29. The number of benzene rings is 1. The van der Waals surface area contributed by atoms with E-state index in [4.69, 9.17) is 5.73 Å². The number of para-hydroxylation sites is 1. The molecule has 4 N–H and O–H groups in total. The summed E-state index contributed by atoms with van der Waals surface area (Å²) in [5, 5.41) is 14.2. The maximum atomic E-state index is 14.5. The number of allylic oxidation sites excluding steroid dienone is 1. The number of nitrogen functional groups attached to an aromatic ring is 1. The van der Waals surface area contributed by atoms with E-state index in [-0.39, 0.29) is 5.41 Å². The molecular weight excluding hydrogens is 255 g/mol. The monoisotopic (exact) mass is 274 g/mol. The highest BCUT2D eigenvalue weighted by molar-refractivity contribution is 5.58. The van der Waals surface area contributed by atoms with Gasteiger partial charge in [-0.15, -0.1) is 0 Å². The van der Waals surface area contributed by atoms with Gasteiger partial charge < -0.3 is 16.2 Å². The van der Waals surface area contributed by atoms with Crippen molar-refractivity contribution in [2.75, 3.05) is 12.3 Å². The fourth-order valence-corrected chi connectivity index (χ4v) is 3.07. The van der Waals surface area contributed by atoms with E-state index in [0.29, 0.717) is 23.5 Å². The molecule has 3 nitrogen and oxygen atoms in total. The Morgan fingerprint density at radius 3 is 2.75 bits per heavy atom. The molecule has 0 fully saturated rings. The van der Waals surface area contributed by atoms with Crippen molar-refractivity contribution in [1.29, 1.82) is 0 Å². The van der Waals surface area contributed by atoms with Gasteiger partial charge in [-0.25, -0.2) is 4.39 Å². The first kappa shape index (κ1) is 13.2. The van der Waals surface area contributed by atoms with Crippen molar-refractivity contribution in [3.8, 4) is 0 Å². The second-order valence-corrected chi connectivity index (χ2v) is 6.14. The predicted octanol–water partition coefficient (Wildman–Crippen LogP) is 2.25. The van der Waals surface area contributed by atoms with Gasteiger partial charge in [-0.1, -0.05) is 38.1 Å². The summed E-state index contributed by atoms with van der Waals surface area (Å²) in [4.78, 5) is 0. The van der Waals surface area contributed by atoms with Gasteiger partial charge in [0.15, 0.2) is 11.8 Å². The van der Waals surface area contributed by atoms with Gasteiger partial charge in [-0.3, -0.25) is 0 Å². The van der Waals surface area contributed by atoms with Crippen molar-refractivity contribution in [3.05, 3.63) is 53.3 Å². The standard InChI is InChI=1S/C16H19FN2O/c1-15(2)9-19-14-11(15)7-8-13(17)16(14,20)10-5-3-4-6-12(10)18/h3-8,13,19-20H,9,18H2,1-2H3. The van der Waals surface area contributed by atoms with E-state index in [9.17, 15) is 9.50 Å². The summed E-state index contributed by atoms with van der Waals surface area (Å²) in [6.07, 6.45) is 1.67. The van der Waals surface area contributed by atoms with Gasteiger partial charge in [0.2, 0.25) is 0 Å². The summed E-state index contributed by atoms with van der Waals surface area (Å²) in [5.74, 6) is 0. The zero-order valence-electron chi connectivity index (χ0n) is 11.7. The lowest BCUT2D eigenvalue weighted by atomic mass is 9.75. The fraction of sp³-hybridized carbons (Fsp3) is 0.375. The molecule has 1 aliphatic carbocycles. The smallest absolute Gasteiger partial charge is 0.166 e. The molecule has 0 saturated carbocycles. The number of halogens is 1. The summed E-state index contributed by atoms with van der Waals surface area (Å²) in [5.41, 5.74) is 6.37. The Morgan fingerprint density at radius 2 is 2.05 bits per heavy atom. The highest BCUT2D eigenvalue weighted by atomic mass is 19.1. The van der Waals surface area contributed by atoms with Crippen molar-refractivity contribution in [2.24, 2.45) is 5.41 Å². The molecule has 106 valence electrons. The minimum Gasteiger partial charge on any atom is -0.398 e. The number of aliphatic hydroxyl groups is 1. The topological polar surface area (TPSA) is 58.3 Å². The Morgan fingerprint density at radius 1 is 1.35 bits per heavy atom. The normalized spacial score (nSPS) is 31.1. The SMILES string of the molecule is CC1(C)CNC2=C1C=CC(F)C2(O)c1ccccc1N. The molecule has 3 rings (SSSR count). The highest BCUT2D eigenvalue weighted by Crippen LogP contribution is 2.48. The summed E-state index contributed by atoms with van der Waals surface area (Å²) in [7, 11) is 0. The van der Waals surface area contributed by atoms with Crippen molar-refractivity contribution in [3.63, 3.8) is 0 Å². The summed E-state index contributed by atoms with van der Waals surface area (Å²) in [6, 6.07) is 6.89. The number of nitrogens with two attached hydrogens (primary N) is 1. The Balaban J connectivity index is 2.22. The number of anilines is 1. The van der Waals surface area contributed by atoms with Gasteiger partial charge in [0.25, 0.3) is 0 Å². The molecule has 0 bridgehead atoms. The maximum absolute atomic E-state index is 14.5. The quantitative estimate of drug-likeness (QED) is 0.688. The molecule has 0 saturated heterocycles. The highest BCUT2D eigenvalue weighted by Gasteiger charge is 2.50. The summed E-state index contributed by atoms with van der Waals surface area (Å²) < 4.78 is 14.5. The second kappa shape index (κ2) is 4.09. The number of hydrogen-bond acceptors (Lipinski definition) is 3. The summed E-state index contributed by atoms with van der Waals surface area (Å²) >= 11 is 0. The molecule has 1 aromatic carbocycles. The van der Waals surface area contributed by atoms with Crippen molar-refractivity contribution in [2.45, 2.75) is 25.6 Å². The van der Waals surface area contributed by atoms with Crippen LogP contribution in [0.2, 0.25) is 0 Å². The van der Waals surface area contributed by atoms with E-state index in [0.717, 1.165) is 5.57 Å². The lowest BCUT2D eigenvalue weighted by Crippen LogP contribution is -2.43. The molecule has 2 aliphatic rings. The van der Waals surface area contributed by atoms with E-state index in [2.05, 4.69) is 19.2 Å². The van der Waals surface area contributed by atoms with Crippen molar-refractivity contribution < 1.29 is 9.50 Å². The van der Waals surface area contributed by atoms with Crippen LogP contribution >= 0.6 is 0 Å². The zero-order chi connectivity index (χ0) is 14.5. The molecule has 0 aromatic heterocycles. The van der Waals surface area contributed by atoms with Crippen LogP contribution in [-0.2, 0) is 5.60 Å². The van der Waals surface area contributed by atoms with Gasteiger partial charge in [-0.2, -0.15) is 0 Å². The first-order valence-electron chi connectivity index (χ1n) is 6.76. The van der Waals surface area contributed by atoms with Crippen LogP contribution in [0.4, 0.5) is 10.1 Å². The Hall–Kier alpha value is -1.81. The van der Waals surface area contributed by atoms with E-state index in [1.165, 1.54) is 6.08 Å². The van der Waals surface area contributed by atoms with Crippen LogP contribution in [-0.4, -0.2) is 17.8 Å². The number of nitrogens with one attached hydrogen (secondary N) is 1. The van der Waals surface area contributed by atoms with Gasteiger partial charge in [0.1, 0.15) is 0 Å². The van der Waals surface area contributed by atoms with Gasteiger partial charge in [0.05, 0.1) is 5.70 Å². The third-order valence-electron chi connectivity index (χ3n) is 4.29. The molecule has 20 heavy (non-hydrogen) atoms. The lowest BCUT2D eigenvalue weighted by molar-refractivity contribution is 0.00740. The number of alkyl halides is 1. The van der Waals surface area contributed by atoms with E-state index < -0.39 is 11.8 Å². The average molecular weight is 274 g/mol. The fourth-order valence-electron chi connectivity index (χ4n) is 3.07. The Bertz CT molecular complexity index is 621. The molecule has 2 atom stereocenters. The van der Waals surface area contributed by atoms with Crippen molar-refractivity contribution in [1.82, 2.24) is 5.32 Å². The third kappa shape index (κ3) is 1.61. The zero-order valence-corrected chi connectivity index (χ0v) is 11.7. The molecule has 2 unspecified atom stereocenters. The largest absolute Gasteiger partial charge is 0.398 e. The predicted molar refractivity (Wildman–Crippen MR) is 77.6 cm³/mol. The maximum Gasteiger partial charge on any atom is 0.166 e. The van der Waals surface area contributed by atoms with Crippen LogP contribution in [0, 0.1) is 5.41 Å². The Kier molecular flexibility index (Phi) is 2.70. The molecule has 0 spiro atoms.